The van der Waals surface area contributed by atoms with Gasteiger partial charge >= 0.3 is 0 Å². The number of rotatable bonds is 3. The van der Waals surface area contributed by atoms with Gasteiger partial charge in [-0.3, -0.25) is 15.1 Å². The SMILES string of the molecule is CC1(C)CCC(ONc2ccccc2)C(=O)C1. The van der Waals surface area contributed by atoms with E-state index in [1.807, 2.05) is 30.3 Å². The van der Waals surface area contributed by atoms with E-state index < -0.39 is 0 Å². The molecule has 92 valence electrons. The predicted octanol–water partition coefficient (Wildman–Crippen LogP) is 3.18. The van der Waals surface area contributed by atoms with Gasteiger partial charge in [-0.1, -0.05) is 32.0 Å². The number of ketones is 1. The molecule has 3 nitrogen and oxygen atoms in total. The summed E-state index contributed by atoms with van der Waals surface area (Å²) in [7, 11) is 0. The van der Waals surface area contributed by atoms with E-state index in [1.54, 1.807) is 0 Å². The molecule has 1 fully saturated rings. The van der Waals surface area contributed by atoms with Crippen LogP contribution in [0.3, 0.4) is 0 Å². The van der Waals surface area contributed by atoms with E-state index in [0.717, 1.165) is 18.5 Å². The van der Waals surface area contributed by atoms with Crippen LogP contribution in [0.2, 0.25) is 0 Å². The molecule has 1 aliphatic carbocycles. The number of hydrogen-bond donors (Lipinski definition) is 1. The molecule has 0 radical (unpaired) electrons. The lowest BCUT2D eigenvalue weighted by atomic mass is 9.76. The fraction of sp³-hybridized carbons (Fsp3) is 0.500. The topological polar surface area (TPSA) is 38.3 Å². The Morgan fingerprint density at radius 1 is 1.29 bits per heavy atom. The number of nitrogens with one attached hydrogen (secondary N) is 1. The molecular formula is C14H19NO2. The van der Waals surface area contributed by atoms with Gasteiger partial charge in [0.25, 0.3) is 0 Å². The summed E-state index contributed by atoms with van der Waals surface area (Å²) >= 11 is 0. The third-order valence-corrected chi connectivity index (χ3v) is 3.19. The lowest BCUT2D eigenvalue weighted by Crippen LogP contribution is -2.36. The quantitative estimate of drug-likeness (QED) is 0.815. The lowest BCUT2D eigenvalue weighted by molar-refractivity contribution is -0.135. The molecule has 0 aliphatic heterocycles. The summed E-state index contributed by atoms with van der Waals surface area (Å²) in [6, 6.07) is 9.63. The Morgan fingerprint density at radius 3 is 2.65 bits per heavy atom. The van der Waals surface area contributed by atoms with Gasteiger partial charge in [-0.2, -0.15) is 0 Å². The van der Waals surface area contributed by atoms with Crippen LogP contribution in [0, 0.1) is 5.41 Å². The molecule has 1 N–H and O–H groups in total. The van der Waals surface area contributed by atoms with Crippen molar-refractivity contribution in [1.82, 2.24) is 0 Å². The van der Waals surface area contributed by atoms with Crippen LogP contribution >= 0.6 is 0 Å². The van der Waals surface area contributed by atoms with Crippen molar-refractivity contribution in [3.63, 3.8) is 0 Å². The van der Waals surface area contributed by atoms with Crippen LogP contribution in [0.5, 0.6) is 0 Å². The summed E-state index contributed by atoms with van der Waals surface area (Å²) in [5.41, 5.74) is 3.86. The number of anilines is 1. The highest BCUT2D eigenvalue weighted by molar-refractivity contribution is 5.84. The first-order valence-corrected chi connectivity index (χ1v) is 6.06. The van der Waals surface area contributed by atoms with Gasteiger partial charge in [0.05, 0.1) is 5.69 Å². The van der Waals surface area contributed by atoms with Gasteiger partial charge in [0, 0.05) is 6.42 Å². The summed E-state index contributed by atoms with van der Waals surface area (Å²) in [5.74, 6) is 0.199. The van der Waals surface area contributed by atoms with Gasteiger partial charge in [0.2, 0.25) is 0 Å². The van der Waals surface area contributed by atoms with Crippen LogP contribution in [0.1, 0.15) is 33.1 Å². The Morgan fingerprint density at radius 2 is 2.00 bits per heavy atom. The van der Waals surface area contributed by atoms with Crippen molar-refractivity contribution in [1.29, 1.82) is 0 Å². The second-order valence-corrected chi connectivity index (χ2v) is 5.42. The minimum atomic E-state index is -0.303. The van der Waals surface area contributed by atoms with Gasteiger partial charge in [-0.25, -0.2) is 0 Å². The van der Waals surface area contributed by atoms with E-state index in [1.165, 1.54) is 0 Å². The molecule has 3 heteroatoms. The van der Waals surface area contributed by atoms with Crippen molar-refractivity contribution in [2.75, 3.05) is 5.48 Å². The highest BCUT2D eigenvalue weighted by Gasteiger charge is 2.34. The van der Waals surface area contributed by atoms with Crippen LogP contribution in [0.4, 0.5) is 5.69 Å². The van der Waals surface area contributed by atoms with Crippen molar-refractivity contribution in [2.45, 2.75) is 39.2 Å². The maximum atomic E-state index is 11.9. The molecule has 1 aliphatic rings. The highest BCUT2D eigenvalue weighted by atomic mass is 16.7. The summed E-state index contributed by atoms with van der Waals surface area (Å²) < 4.78 is 0. The molecular weight excluding hydrogens is 214 g/mol. The Bertz CT molecular complexity index is 386. The molecule has 2 rings (SSSR count). The van der Waals surface area contributed by atoms with Crippen LogP contribution in [0.25, 0.3) is 0 Å². The monoisotopic (exact) mass is 233 g/mol. The Kier molecular flexibility index (Phi) is 3.48. The minimum Gasteiger partial charge on any atom is -0.297 e. The number of Topliss-reactive ketones (excluding diaryl/α,β-unsaturated/α-hetero) is 1. The molecule has 0 heterocycles. The van der Waals surface area contributed by atoms with Crippen LogP contribution in [-0.4, -0.2) is 11.9 Å². The largest absolute Gasteiger partial charge is 0.297 e. The minimum absolute atomic E-state index is 0.129. The number of para-hydroxylation sites is 1. The summed E-state index contributed by atoms with van der Waals surface area (Å²) in [5, 5.41) is 0. The average Bonchev–Trinajstić information content (AvgIpc) is 2.28. The van der Waals surface area contributed by atoms with Gasteiger partial charge in [-0.05, 0) is 30.4 Å². The number of hydrogen-bond acceptors (Lipinski definition) is 3. The Labute approximate surface area is 102 Å². The fourth-order valence-electron chi connectivity index (χ4n) is 2.13. The average molecular weight is 233 g/mol. The molecule has 1 saturated carbocycles. The van der Waals surface area contributed by atoms with Crippen molar-refractivity contribution in [2.24, 2.45) is 5.41 Å². The molecule has 1 aromatic rings. The second kappa shape index (κ2) is 4.88. The molecule has 1 atom stereocenters. The fourth-order valence-corrected chi connectivity index (χ4v) is 2.13. The Hall–Kier alpha value is -1.35. The molecule has 0 aromatic heterocycles. The maximum Gasteiger partial charge on any atom is 0.164 e. The van der Waals surface area contributed by atoms with E-state index in [0.29, 0.717) is 6.42 Å². The smallest absolute Gasteiger partial charge is 0.164 e. The van der Waals surface area contributed by atoms with Crippen molar-refractivity contribution >= 4 is 11.5 Å². The zero-order chi connectivity index (χ0) is 12.3. The molecule has 17 heavy (non-hydrogen) atoms. The molecule has 0 bridgehead atoms. The Balaban J connectivity index is 1.87. The summed E-state index contributed by atoms with van der Waals surface area (Å²) in [6.45, 7) is 4.26. The van der Waals surface area contributed by atoms with E-state index in [2.05, 4.69) is 19.3 Å². The molecule has 1 aromatic carbocycles. The van der Waals surface area contributed by atoms with Gasteiger partial charge in [0.15, 0.2) is 5.78 Å². The summed E-state index contributed by atoms with van der Waals surface area (Å²) in [6.07, 6.45) is 2.13. The third-order valence-electron chi connectivity index (χ3n) is 3.19. The predicted molar refractivity (Wildman–Crippen MR) is 67.6 cm³/mol. The normalized spacial score (nSPS) is 23.4. The van der Waals surface area contributed by atoms with Crippen molar-refractivity contribution in [3.05, 3.63) is 30.3 Å². The van der Waals surface area contributed by atoms with Crippen LogP contribution < -0.4 is 5.48 Å². The van der Waals surface area contributed by atoms with E-state index in [4.69, 9.17) is 4.84 Å². The number of benzene rings is 1. The molecule has 0 saturated heterocycles. The van der Waals surface area contributed by atoms with E-state index in [-0.39, 0.29) is 17.3 Å². The zero-order valence-electron chi connectivity index (χ0n) is 10.4. The molecule has 0 amide bonds. The highest BCUT2D eigenvalue weighted by Crippen LogP contribution is 2.34. The summed E-state index contributed by atoms with van der Waals surface area (Å²) in [4.78, 5) is 17.3. The van der Waals surface area contributed by atoms with Crippen LogP contribution in [0.15, 0.2) is 30.3 Å². The standard InChI is InChI=1S/C14H19NO2/c1-14(2)9-8-13(12(16)10-14)17-15-11-6-4-3-5-7-11/h3-7,13,15H,8-10H2,1-2H3. The first-order chi connectivity index (χ1) is 8.07. The van der Waals surface area contributed by atoms with Gasteiger partial charge in [-0.15, -0.1) is 0 Å². The first kappa shape index (κ1) is 12.1. The zero-order valence-corrected chi connectivity index (χ0v) is 10.4. The van der Waals surface area contributed by atoms with Gasteiger partial charge < -0.3 is 0 Å². The third kappa shape index (κ3) is 3.30. The number of carbonyl (C=O) groups excluding carboxylic acids is 1. The number of carbonyl (C=O) groups is 1. The first-order valence-electron chi connectivity index (χ1n) is 6.06. The maximum absolute atomic E-state index is 11.9. The lowest BCUT2D eigenvalue weighted by Gasteiger charge is -2.32. The molecule has 1 unspecified atom stereocenters. The van der Waals surface area contributed by atoms with Crippen LogP contribution in [-0.2, 0) is 9.63 Å². The molecule has 0 spiro atoms. The van der Waals surface area contributed by atoms with Crippen molar-refractivity contribution < 1.29 is 9.63 Å². The van der Waals surface area contributed by atoms with Crippen molar-refractivity contribution in [3.8, 4) is 0 Å². The van der Waals surface area contributed by atoms with Gasteiger partial charge in [0.1, 0.15) is 6.10 Å². The van der Waals surface area contributed by atoms with E-state index >= 15 is 0 Å². The second-order valence-electron chi connectivity index (χ2n) is 5.42. The van der Waals surface area contributed by atoms with E-state index in [9.17, 15) is 4.79 Å².